The van der Waals surface area contributed by atoms with Crippen LogP contribution in [0.5, 0.6) is 0 Å². The van der Waals surface area contributed by atoms with Crippen molar-refractivity contribution in [3.8, 4) is 6.07 Å². The molecule has 1 amide bonds. The number of piperidine rings is 1. The topological polar surface area (TPSA) is 81.9 Å². The van der Waals surface area contributed by atoms with Crippen molar-refractivity contribution >= 4 is 23.3 Å². The van der Waals surface area contributed by atoms with E-state index < -0.39 is 0 Å². The molecule has 2 fully saturated rings. The van der Waals surface area contributed by atoms with Gasteiger partial charge in [0.05, 0.1) is 6.20 Å². The summed E-state index contributed by atoms with van der Waals surface area (Å²) in [4.78, 5) is 23.2. The molecule has 1 aromatic carbocycles. The summed E-state index contributed by atoms with van der Waals surface area (Å²) >= 11 is 6.04. The number of hydrogen-bond donors (Lipinski definition) is 1. The van der Waals surface area contributed by atoms with E-state index in [4.69, 9.17) is 16.9 Å². The highest BCUT2D eigenvalue weighted by molar-refractivity contribution is 6.30. The monoisotopic (exact) mass is 395 g/mol. The van der Waals surface area contributed by atoms with Crippen molar-refractivity contribution in [2.45, 2.75) is 50.6 Å². The summed E-state index contributed by atoms with van der Waals surface area (Å²) < 4.78 is 0. The minimum Gasteiger partial charge on any atom is -0.351 e. The zero-order chi connectivity index (χ0) is 19.7. The third kappa shape index (κ3) is 3.81. The van der Waals surface area contributed by atoms with Gasteiger partial charge in [-0.05, 0) is 56.2 Å². The van der Waals surface area contributed by atoms with Crippen molar-refractivity contribution < 1.29 is 4.79 Å². The fourth-order valence-electron chi connectivity index (χ4n) is 3.81. The molecule has 0 unspecified atom stereocenters. The maximum atomic E-state index is 12.7. The lowest BCUT2D eigenvalue weighted by molar-refractivity contribution is 0.0924. The van der Waals surface area contributed by atoms with E-state index in [9.17, 15) is 4.79 Å². The Bertz CT molecular complexity index is 919. The summed E-state index contributed by atoms with van der Waals surface area (Å²) in [5, 5.41) is 12.3. The van der Waals surface area contributed by atoms with E-state index in [-0.39, 0.29) is 28.8 Å². The molecule has 1 saturated heterocycles. The Labute approximate surface area is 169 Å². The second kappa shape index (κ2) is 7.76. The molecule has 144 valence electrons. The van der Waals surface area contributed by atoms with Crippen LogP contribution in [0.15, 0.2) is 30.5 Å². The third-order valence-corrected chi connectivity index (χ3v) is 5.91. The van der Waals surface area contributed by atoms with E-state index in [1.54, 1.807) is 6.20 Å². The number of nitriles is 1. The lowest BCUT2D eigenvalue weighted by Crippen LogP contribution is -2.54. The van der Waals surface area contributed by atoms with E-state index in [0.29, 0.717) is 17.3 Å². The molecule has 2 aromatic rings. The predicted molar refractivity (Wildman–Crippen MR) is 107 cm³/mol. The Morgan fingerprint density at radius 1 is 1.29 bits per heavy atom. The number of amides is 1. The van der Waals surface area contributed by atoms with Gasteiger partial charge >= 0.3 is 0 Å². The first kappa shape index (κ1) is 18.7. The minimum absolute atomic E-state index is 0.000535. The van der Waals surface area contributed by atoms with Gasteiger partial charge in [0.15, 0.2) is 10.8 Å². The highest BCUT2D eigenvalue weighted by atomic mass is 35.5. The molecule has 1 aliphatic carbocycles. The van der Waals surface area contributed by atoms with Crippen molar-refractivity contribution in [2.75, 3.05) is 11.4 Å². The van der Waals surface area contributed by atoms with Gasteiger partial charge in [-0.15, -0.1) is 0 Å². The van der Waals surface area contributed by atoms with Crippen LogP contribution in [0.25, 0.3) is 0 Å². The molecule has 1 N–H and O–H groups in total. The quantitative estimate of drug-likeness (QED) is 0.854. The number of rotatable bonds is 4. The van der Waals surface area contributed by atoms with Crippen LogP contribution < -0.4 is 10.2 Å². The van der Waals surface area contributed by atoms with Crippen LogP contribution in [0, 0.1) is 11.3 Å². The van der Waals surface area contributed by atoms with Gasteiger partial charge in [-0.3, -0.25) is 4.79 Å². The van der Waals surface area contributed by atoms with Crippen LogP contribution in [0.2, 0.25) is 5.15 Å². The molecule has 0 bridgehead atoms. The Hall–Kier alpha value is -2.65. The van der Waals surface area contributed by atoms with E-state index >= 15 is 0 Å². The number of hydrogen-bond acceptors (Lipinski definition) is 5. The molecule has 7 heteroatoms. The molecule has 4 rings (SSSR count). The number of carbonyl (C=O) groups is 1. The van der Waals surface area contributed by atoms with Crippen molar-refractivity contribution in [3.05, 3.63) is 52.4 Å². The van der Waals surface area contributed by atoms with Gasteiger partial charge in [0.1, 0.15) is 11.9 Å². The molecular weight excluding hydrogens is 374 g/mol. The first-order valence-corrected chi connectivity index (χ1v) is 10.0. The summed E-state index contributed by atoms with van der Waals surface area (Å²) in [5.41, 5.74) is 2.13. The van der Waals surface area contributed by atoms with Gasteiger partial charge in [0.2, 0.25) is 0 Å². The van der Waals surface area contributed by atoms with E-state index in [1.807, 2.05) is 18.2 Å². The molecule has 2 heterocycles. The highest BCUT2D eigenvalue weighted by Crippen LogP contribution is 2.39. The predicted octanol–water partition coefficient (Wildman–Crippen LogP) is 3.67. The number of nitrogens with one attached hydrogen (secondary N) is 1. The van der Waals surface area contributed by atoms with Gasteiger partial charge in [0.25, 0.3) is 5.91 Å². The van der Waals surface area contributed by atoms with Gasteiger partial charge < -0.3 is 10.2 Å². The Kier molecular flexibility index (Phi) is 5.19. The van der Waals surface area contributed by atoms with Crippen molar-refractivity contribution in [3.63, 3.8) is 0 Å². The average Bonchev–Trinajstić information content (AvgIpc) is 3.55. The van der Waals surface area contributed by atoms with Crippen molar-refractivity contribution in [2.24, 2.45) is 0 Å². The lowest BCUT2D eigenvalue weighted by atomic mass is 9.97. The molecule has 6 nitrogen and oxygen atoms in total. The minimum atomic E-state index is -0.0509. The maximum Gasteiger partial charge on any atom is 0.251 e. The SMILES string of the molecule is C[C@@H]1[C@H](NC(=O)c2ccc(C3CC3)cc2)CCCN1c1cnc(C#N)c(Cl)n1. The van der Waals surface area contributed by atoms with Crippen LogP contribution in [0.4, 0.5) is 5.82 Å². The first-order valence-electron chi connectivity index (χ1n) is 9.67. The van der Waals surface area contributed by atoms with Crippen LogP contribution in [0.1, 0.15) is 60.1 Å². The number of benzene rings is 1. The molecule has 2 aliphatic rings. The Balaban J connectivity index is 1.45. The second-order valence-electron chi connectivity index (χ2n) is 7.53. The number of halogens is 1. The molecule has 28 heavy (non-hydrogen) atoms. The third-order valence-electron chi connectivity index (χ3n) is 5.64. The summed E-state index contributed by atoms with van der Waals surface area (Å²) in [6.07, 6.45) is 5.91. The Morgan fingerprint density at radius 3 is 2.68 bits per heavy atom. The molecule has 1 aromatic heterocycles. The molecule has 0 radical (unpaired) electrons. The van der Waals surface area contributed by atoms with Crippen molar-refractivity contribution in [1.82, 2.24) is 15.3 Å². The molecule has 1 saturated carbocycles. The smallest absolute Gasteiger partial charge is 0.251 e. The fraction of sp³-hybridized carbons (Fsp3) is 0.429. The summed E-state index contributed by atoms with van der Waals surface area (Å²) in [6.45, 7) is 2.87. The standard InChI is InChI=1S/C21H22ClN5O/c1-13-17(25-21(28)16-8-6-15(7-9-16)14-4-5-14)3-2-10-27(13)19-12-24-18(11-23)20(22)26-19/h6-9,12-14,17H,2-5,10H2,1H3,(H,25,28)/t13-,17-/m1/s1. The number of nitrogens with zero attached hydrogens (tertiary/aromatic N) is 4. The zero-order valence-electron chi connectivity index (χ0n) is 15.7. The second-order valence-corrected chi connectivity index (χ2v) is 7.89. The van der Waals surface area contributed by atoms with Crippen LogP contribution in [-0.2, 0) is 0 Å². The van der Waals surface area contributed by atoms with Crippen LogP contribution in [0.3, 0.4) is 0 Å². The molecule has 2 atom stereocenters. The fourth-order valence-corrected chi connectivity index (χ4v) is 3.98. The van der Waals surface area contributed by atoms with Gasteiger partial charge in [0, 0.05) is 24.2 Å². The highest BCUT2D eigenvalue weighted by Gasteiger charge is 2.31. The van der Waals surface area contributed by atoms with Crippen molar-refractivity contribution in [1.29, 1.82) is 5.26 Å². The molecule has 1 aliphatic heterocycles. The van der Waals surface area contributed by atoms with Gasteiger partial charge in [-0.2, -0.15) is 5.26 Å². The van der Waals surface area contributed by atoms with Gasteiger partial charge in [-0.25, -0.2) is 9.97 Å². The molecular formula is C21H22ClN5O. The Morgan fingerprint density at radius 2 is 2.04 bits per heavy atom. The number of aromatic nitrogens is 2. The van der Waals surface area contributed by atoms with E-state index in [2.05, 4.69) is 39.2 Å². The zero-order valence-corrected chi connectivity index (χ0v) is 16.5. The van der Waals surface area contributed by atoms with Crippen LogP contribution >= 0.6 is 11.6 Å². The maximum absolute atomic E-state index is 12.7. The summed E-state index contributed by atoms with van der Waals surface area (Å²) in [5.74, 6) is 1.26. The lowest BCUT2D eigenvalue weighted by Gasteiger charge is -2.40. The van der Waals surface area contributed by atoms with E-state index in [0.717, 1.165) is 19.4 Å². The van der Waals surface area contributed by atoms with Crippen LogP contribution in [-0.4, -0.2) is 34.5 Å². The summed E-state index contributed by atoms with van der Waals surface area (Å²) in [6, 6.07) is 9.93. The average molecular weight is 396 g/mol. The number of carbonyl (C=O) groups excluding carboxylic acids is 1. The largest absolute Gasteiger partial charge is 0.351 e. The molecule has 0 spiro atoms. The summed E-state index contributed by atoms with van der Waals surface area (Å²) in [7, 11) is 0. The number of anilines is 1. The normalized spacial score (nSPS) is 21.8. The first-order chi connectivity index (χ1) is 13.6. The van der Waals surface area contributed by atoms with Gasteiger partial charge in [-0.1, -0.05) is 23.7 Å². The van der Waals surface area contributed by atoms with E-state index in [1.165, 1.54) is 18.4 Å².